The molecule has 12 heteroatoms. The summed E-state index contributed by atoms with van der Waals surface area (Å²) in [5.74, 6) is -1.81. The molecule has 4 rings (SSSR count). The highest BCUT2D eigenvalue weighted by Crippen LogP contribution is 2.20. The van der Waals surface area contributed by atoms with Crippen molar-refractivity contribution in [3.05, 3.63) is 101 Å². The number of hydrogen-bond donors (Lipinski definition) is 5. The maximum Gasteiger partial charge on any atom is 0.408 e. The number of nitrogens with one attached hydrogen (secondary N) is 3. The molecule has 1 heterocycles. The van der Waals surface area contributed by atoms with Crippen LogP contribution < -0.4 is 21.7 Å². The zero-order chi connectivity index (χ0) is 33.8. The maximum atomic E-state index is 14.0. The molecule has 0 saturated heterocycles. The molecular formula is C35H41N5O6S. The third-order valence-corrected chi connectivity index (χ3v) is 8.22. The van der Waals surface area contributed by atoms with Gasteiger partial charge in [-0.15, -0.1) is 11.3 Å². The van der Waals surface area contributed by atoms with Crippen LogP contribution in [0.2, 0.25) is 0 Å². The van der Waals surface area contributed by atoms with Crippen LogP contribution in [0.15, 0.2) is 83.7 Å². The Morgan fingerprint density at radius 3 is 2.26 bits per heavy atom. The average molecular weight is 660 g/mol. The number of primary amides is 1. The third-order valence-electron chi connectivity index (χ3n) is 7.58. The van der Waals surface area contributed by atoms with Gasteiger partial charge in [-0.25, -0.2) is 9.78 Å². The van der Waals surface area contributed by atoms with E-state index >= 15 is 0 Å². The number of benzene rings is 3. The van der Waals surface area contributed by atoms with Gasteiger partial charge < -0.3 is 31.5 Å². The lowest BCUT2D eigenvalue weighted by Crippen LogP contribution is -2.57. The molecule has 1 unspecified atom stereocenters. The van der Waals surface area contributed by atoms with E-state index < -0.39 is 48.0 Å². The van der Waals surface area contributed by atoms with Gasteiger partial charge >= 0.3 is 6.09 Å². The molecule has 0 bridgehead atoms. The number of hydrogen-bond acceptors (Lipinski definition) is 8. The molecule has 0 radical (unpaired) electrons. The Balaban J connectivity index is 1.58. The predicted octanol–water partition coefficient (Wildman–Crippen LogP) is 3.63. The highest BCUT2D eigenvalue weighted by Gasteiger charge is 2.31. The van der Waals surface area contributed by atoms with Crippen molar-refractivity contribution >= 4 is 45.9 Å². The molecule has 1 aromatic heterocycles. The topological polar surface area (TPSA) is 173 Å². The van der Waals surface area contributed by atoms with Gasteiger partial charge in [-0.05, 0) is 34.2 Å². The molecule has 0 aliphatic heterocycles. The fourth-order valence-electron chi connectivity index (χ4n) is 5.29. The van der Waals surface area contributed by atoms with Gasteiger partial charge in [0.1, 0.15) is 18.7 Å². The van der Waals surface area contributed by atoms with Crippen LogP contribution in [0.4, 0.5) is 4.79 Å². The molecule has 3 aromatic carbocycles. The molecule has 248 valence electrons. The number of carbonyl (C=O) groups excluding carboxylic acids is 4. The van der Waals surface area contributed by atoms with Gasteiger partial charge in [0.2, 0.25) is 17.7 Å². The molecule has 4 amide bonds. The van der Waals surface area contributed by atoms with Crippen LogP contribution in [0.5, 0.6) is 0 Å². The minimum Gasteiger partial charge on any atom is -0.445 e. The second-order valence-corrected chi connectivity index (χ2v) is 12.5. The third kappa shape index (κ3) is 10.9. The van der Waals surface area contributed by atoms with E-state index in [1.54, 1.807) is 10.9 Å². The maximum absolute atomic E-state index is 14.0. The van der Waals surface area contributed by atoms with E-state index in [0.717, 1.165) is 21.9 Å². The average Bonchev–Trinajstić information content (AvgIpc) is 3.56. The lowest BCUT2D eigenvalue weighted by molar-refractivity contribution is -0.131. The largest absolute Gasteiger partial charge is 0.445 e. The number of aliphatic hydroxyl groups excluding tert-OH is 1. The van der Waals surface area contributed by atoms with Crippen LogP contribution in [0, 0.1) is 5.92 Å². The van der Waals surface area contributed by atoms with Crippen molar-refractivity contribution in [2.45, 2.75) is 70.4 Å². The lowest BCUT2D eigenvalue weighted by Gasteiger charge is -2.28. The first-order chi connectivity index (χ1) is 22.6. The molecule has 0 spiro atoms. The van der Waals surface area contributed by atoms with E-state index in [1.165, 1.54) is 11.3 Å². The minimum absolute atomic E-state index is 0.00893. The van der Waals surface area contributed by atoms with Crippen LogP contribution in [-0.4, -0.2) is 58.1 Å². The van der Waals surface area contributed by atoms with E-state index in [0.29, 0.717) is 12.1 Å². The summed E-state index contributed by atoms with van der Waals surface area (Å²) in [5.41, 5.74) is 9.12. The number of thiazole rings is 1. The van der Waals surface area contributed by atoms with E-state index in [-0.39, 0.29) is 31.8 Å². The number of alkyl carbamates (subject to hydrolysis) is 1. The number of fused-ring (bicyclic) bond motifs is 1. The van der Waals surface area contributed by atoms with E-state index in [2.05, 4.69) is 20.9 Å². The quantitative estimate of drug-likeness (QED) is 0.122. The van der Waals surface area contributed by atoms with Crippen molar-refractivity contribution in [3.63, 3.8) is 0 Å². The van der Waals surface area contributed by atoms with E-state index in [9.17, 15) is 24.3 Å². The molecule has 0 saturated carbocycles. The molecule has 4 aromatic rings. The minimum atomic E-state index is -1.21. The summed E-state index contributed by atoms with van der Waals surface area (Å²) in [6.45, 7) is 3.85. The number of carbonyl (C=O) groups is 4. The Morgan fingerprint density at radius 1 is 0.872 bits per heavy atom. The molecule has 0 aliphatic rings. The molecular weight excluding hydrogens is 618 g/mol. The summed E-state index contributed by atoms with van der Waals surface area (Å²) in [4.78, 5) is 56.6. The number of amides is 4. The van der Waals surface area contributed by atoms with Gasteiger partial charge in [0.05, 0.1) is 29.8 Å². The summed E-state index contributed by atoms with van der Waals surface area (Å²) < 4.78 is 5.44. The number of aromatic nitrogens is 1. The first kappa shape index (κ1) is 35.1. The van der Waals surface area contributed by atoms with Crippen LogP contribution in [0.3, 0.4) is 0 Å². The normalized spacial score (nSPS) is 13.7. The van der Waals surface area contributed by atoms with Crippen LogP contribution in [-0.2, 0) is 38.6 Å². The van der Waals surface area contributed by atoms with Gasteiger partial charge in [-0.1, -0.05) is 86.6 Å². The zero-order valence-corrected chi connectivity index (χ0v) is 27.2. The SMILES string of the molecule is CC(C)C[C@H](NC(=O)C(Cc1cscn1)NC(=O)[C@H](Cc1cccc2ccccc12)NC(=O)OCc1ccccc1)[C@@H](O)CC(N)=O. The standard InChI is InChI=1S/C35H41N5O6S/c1-22(2)15-28(31(41)18-32(36)42)38-34(44)30(17-26-20-47-21-37-26)39-33(43)29(40-35(45)46-19-23-9-4-3-5-10-23)16-25-13-8-12-24-11-6-7-14-27(24)25/h3-14,20-22,28-31,41H,15-19H2,1-2H3,(H2,36,42)(H,38,44)(H,39,43)(H,40,45)/t28-,29-,30?,31-/m0/s1. The lowest BCUT2D eigenvalue weighted by atomic mass is 9.96. The monoisotopic (exact) mass is 659 g/mol. The van der Waals surface area contributed by atoms with Gasteiger partial charge in [0.25, 0.3) is 0 Å². The summed E-state index contributed by atoms with van der Waals surface area (Å²) >= 11 is 1.35. The smallest absolute Gasteiger partial charge is 0.408 e. The first-order valence-electron chi connectivity index (χ1n) is 15.5. The van der Waals surface area contributed by atoms with Crippen molar-refractivity contribution in [1.82, 2.24) is 20.9 Å². The second kappa shape index (κ2) is 17.2. The summed E-state index contributed by atoms with van der Waals surface area (Å²) in [6.07, 6.45) is -1.79. The van der Waals surface area contributed by atoms with E-state index in [1.807, 2.05) is 86.6 Å². The number of ether oxygens (including phenoxy) is 1. The zero-order valence-electron chi connectivity index (χ0n) is 26.4. The van der Waals surface area contributed by atoms with Crippen molar-refractivity contribution in [2.75, 3.05) is 0 Å². The molecule has 0 fully saturated rings. The van der Waals surface area contributed by atoms with Gasteiger partial charge in [0, 0.05) is 18.2 Å². The van der Waals surface area contributed by atoms with Gasteiger partial charge in [0.15, 0.2) is 0 Å². The fraction of sp³-hybridized carbons (Fsp3) is 0.343. The Morgan fingerprint density at radius 2 is 1.55 bits per heavy atom. The predicted molar refractivity (Wildman–Crippen MR) is 180 cm³/mol. The Hall–Kier alpha value is -4.81. The Kier molecular flexibility index (Phi) is 12.8. The molecule has 11 nitrogen and oxygen atoms in total. The van der Waals surface area contributed by atoms with Crippen molar-refractivity contribution in [2.24, 2.45) is 11.7 Å². The van der Waals surface area contributed by atoms with Crippen molar-refractivity contribution in [3.8, 4) is 0 Å². The molecule has 47 heavy (non-hydrogen) atoms. The number of aliphatic hydroxyl groups is 1. The van der Waals surface area contributed by atoms with E-state index in [4.69, 9.17) is 10.5 Å². The highest BCUT2D eigenvalue weighted by atomic mass is 32.1. The van der Waals surface area contributed by atoms with Crippen LogP contribution in [0.1, 0.15) is 43.5 Å². The molecule has 4 atom stereocenters. The Labute approximate surface area is 277 Å². The van der Waals surface area contributed by atoms with Gasteiger partial charge in [-0.3, -0.25) is 14.4 Å². The summed E-state index contributed by atoms with van der Waals surface area (Å²) in [6, 6.07) is 19.6. The number of rotatable bonds is 16. The molecule has 0 aliphatic carbocycles. The fourth-order valence-corrected chi connectivity index (χ4v) is 5.86. The first-order valence-corrected chi connectivity index (χ1v) is 16.4. The van der Waals surface area contributed by atoms with Crippen molar-refractivity contribution < 1.29 is 29.0 Å². The Bertz CT molecular complexity index is 1630. The van der Waals surface area contributed by atoms with Gasteiger partial charge in [-0.2, -0.15) is 0 Å². The second-order valence-electron chi connectivity index (χ2n) is 11.8. The summed E-state index contributed by atoms with van der Waals surface area (Å²) in [7, 11) is 0. The number of nitrogens with zero attached hydrogens (tertiary/aromatic N) is 1. The molecule has 6 N–H and O–H groups in total. The van der Waals surface area contributed by atoms with Crippen LogP contribution >= 0.6 is 11.3 Å². The summed E-state index contributed by atoms with van der Waals surface area (Å²) in [5, 5.41) is 22.7. The number of nitrogens with two attached hydrogens (primary N) is 1. The highest BCUT2D eigenvalue weighted by molar-refractivity contribution is 7.07. The van der Waals surface area contributed by atoms with Crippen molar-refractivity contribution in [1.29, 1.82) is 0 Å². The van der Waals surface area contributed by atoms with Crippen LogP contribution in [0.25, 0.3) is 10.8 Å².